The molecule has 9 heteroatoms. The fraction of sp³-hybridized carbons (Fsp3) is 0.308. The Morgan fingerprint density at radius 2 is 2.14 bits per heavy atom. The summed E-state index contributed by atoms with van der Waals surface area (Å²) in [4.78, 5) is -0.166. The molecule has 6 nitrogen and oxygen atoms in total. The van der Waals surface area contributed by atoms with E-state index in [-0.39, 0.29) is 22.0 Å². The maximum absolute atomic E-state index is 13.3. The van der Waals surface area contributed by atoms with Gasteiger partial charge < -0.3 is 4.74 Å². The van der Waals surface area contributed by atoms with Crippen LogP contribution in [0.3, 0.4) is 0 Å². The van der Waals surface area contributed by atoms with Crippen molar-refractivity contribution in [1.29, 1.82) is 0 Å². The molecule has 1 heterocycles. The summed E-state index contributed by atoms with van der Waals surface area (Å²) in [5.41, 5.74) is 1.44. The largest absolute Gasteiger partial charge is 0.378 e. The van der Waals surface area contributed by atoms with Crippen molar-refractivity contribution in [2.45, 2.75) is 25.0 Å². The number of sulfonamides is 1. The van der Waals surface area contributed by atoms with Gasteiger partial charge in [-0.2, -0.15) is 5.10 Å². The van der Waals surface area contributed by atoms with Gasteiger partial charge in [-0.3, -0.25) is 5.10 Å². The lowest BCUT2D eigenvalue weighted by Gasteiger charge is -2.08. The van der Waals surface area contributed by atoms with Crippen LogP contribution in [0.15, 0.2) is 23.1 Å². The number of aromatic amines is 1. The highest BCUT2D eigenvalue weighted by Gasteiger charge is 2.20. The average molecular weight is 348 g/mol. The average Bonchev–Trinajstić information content (AvgIpc) is 2.89. The monoisotopic (exact) mass is 347 g/mol. The highest BCUT2D eigenvalue weighted by Crippen LogP contribution is 2.24. The molecule has 2 N–H and O–H groups in total. The molecule has 0 amide bonds. The quantitative estimate of drug-likeness (QED) is 0.838. The standard InChI is InChI=1S/C13H15ClFN3O3S/c1-8-3-13(11(14)5-12(8)15)22(19,20)16-6-9-4-10(7-21-2)18-17-9/h3-5,16H,6-7H2,1-2H3,(H,17,18). The highest BCUT2D eigenvalue weighted by molar-refractivity contribution is 7.89. The lowest BCUT2D eigenvalue weighted by atomic mass is 10.2. The number of halogens is 2. The van der Waals surface area contributed by atoms with E-state index in [0.717, 1.165) is 11.8 Å². The van der Waals surface area contributed by atoms with Gasteiger partial charge in [-0.05, 0) is 30.7 Å². The molecule has 0 aliphatic heterocycles. The molecule has 0 atom stereocenters. The molecule has 0 bridgehead atoms. The molecule has 0 aliphatic rings. The van der Waals surface area contributed by atoms with Crippen LogP contribution in [0.25, 0.3) is 0 Å². The number of aromatic nitrogens is 2. The van der Waals surface area contributed by atoms with Gasteiger partial charge >= 0.3 is 0 Å². The fourth-order valence-corrected chi connectivity index (χ4v) is 3.41. The molecule has 1 aromatic carbocycles. The lowest BCUT2D eigenvalue weighted by molar-refractivity contribution is 0.181. The van der Waals surface area contributed by atoms with Gasteiger partial charge in [0.25, 0.3) is 0 Å². The molecule has 0 saturated heterocycles. The van der Waals surface area contributed by atoms with E-state index < -0.39 is 15.8 Å². The van der Waals surface area contributed by atoms with E-state index in [0.29, 0.717) is 12.3 Å². The number of H-pyrrole nitrogens is 1. The number of ether oxygens (including phenoxy) is 1. The molecule has 0 saturated carbocycles. The molecular formula is C13H15ClFN3O3S. The van der Waals surface area contributed by atoms with Crippen molar-refractivity contribution in [3.8, 4) is 0 Å². The van der Waals surface area contributed by atoms with E-state index >= 15 is 0 Å². The molecular weight excluding hydrogens is 333 g/mol. The first-order valence-electron chi connectivity index (χ1n) is 6.31. The Kier molecular flexibility index (Phi) is 5.17. The number of nitrogens with zero attached hydrogens (tertiary/aromatic N) is 1. The minimum atomic E-state index is -3.87. The summed E-state index contributed by atoms with van der Waals surface area (Å²) in [5.74, 6) is -0.555. The Hall–Kier alpha value is -1.48. The number of rotatable bonds is 6. The van der Waals surface area contributed by atoms with Gasteiger partial charge in [-0.1, -0.05) is 11.6 Å². The van der Waals surface area contributed by atoms with Crippen LogP contribution >= 0.6 is 11.6 Å². The Morgan fingerprint density at radius 1 is 1.41 bits per heavy atom. The van der Waals surface area contributed by atoms with E-state index in [4.69, 9.17) is 16.3 Å². The Balaban J connectivity index is 2.15. The number of benzene rings is 1. The predicted molar refractivity (Wildman–Crippen MR) is 79.5 cm³/mol. The normalized spacial score (nSPS) is 11.8. The third kappa shape index (κ3) is 3.83. The Bertz CT molecular complexity index is 777. The topological polar surface area (TPSA) is 84.1 Å². The second-order valence-electron chi connectivity index (χ2n) is 4.67. The van der Waals surface area contributed by atoms with Gasteiger partial charge in [0, 0.05) is 7.11 Å². The van der Waals surface area contributed by atoms with Crippen molar-refractivity contribution in [2.75, 3.05) is 7.11 Å². The third-order valence-corrected chi connectivity index (χ3v) is 4.80. The third-order valence-electron chi connectivity index (χ3n) is 2.93. The molecule has 0 unspecified atom stereocenters. The van der Waals surface area contributed by atoms with Gasteiger partial charge in [0.15, 0.2) is 0 Å². The molecule has 0 aliphatic carbocycles. The van der Waals surface area contributed by atoms with E-state index in [1.54, 1.807) is 13.2 Å². The number of hydrogen-bond acceptors (Lipinski definition) is 4. The van der Waals surface area contributed by atoms with Gasteiger partial charge in [0.1, 0.15) is 10.7 Å². The van der Waals surface area contributed by atoms with Crippen LogP contribution < -0.4 is 4.72 Å². The summed E-state index contributed by atoms with van der Waals surface area (Å²) in [6.45, 7) is 1.80. The van der Waals surface area contributed by atoms with E-state index in [1.807, 2.05) is 0 Å². The molecule has 2 rings (SSSR count). The van der Waals surface area contributed by atoms with Gasteiger partial charge in [0.05, 0.1) is 29.6 Å². The van der Waals surface area contributed by atoms with Crippen molar-refractivity contribution >= 4 is 21.6 Å². The first-order chi connectivity index (χ1) is 10.3. The van der Waals surface area contributed by atoms with Crippen molar-refractivity contribution < 1.29 is 17.5 Å². The summed E-state index contributed by atoms with van der Waals surface area (Å²) in [6.07, 6.45) is 0. The summed E-state index contributed by atoms with van der Waals surface area (Å²) in [5, 5.41) is 6.52. The molecule has 2 aromatic rings. The van der Waals surface area contributed by atoms with Crippen LogP contribution in [0, 0.1) is 12.7 Å². The van der Waals surface area contributed by atoms with E-state index in [9.17, 15) is 12.8 Å². The number of aryl methyl sites for hydroxylation is 1. The van der Waals surface area contributed by atoms with Crippen molar-refractivity contribution in [2.24, 2.45) is 0 Å². The van der Waals surface area contributed by atoms with Crippen molar-refractivity contribution in [3.63, 3.8) is 0 Å². The Morgan fingerprint density at radius 3 is 2.82 bits per heavy atom. The van der Waals surface area contributed by atoms with Crippen molar-refractivity contribution in [1.82, 2.24) is 14.9 Å². The highest BCUT2D eigenvalue weighted by atomic mass is 35.5. The molecule has 1 aromatic heterocycles. The molecule has 0 radical (unpaired) electrons. The van der Waals surface area contributed by atoms with Crippen LogP contribution in [0.2, 0.25) is 5.02 Å². The molecule has 0 fully saturated rings. The maximum Gasteiger partial charge on any atom is 0.242 e. The summed E-state index contributed by atoms with van der Waals surface area (Å²) >= 11 is 5.82. The number of nitrogens with one attached hydrogen (secondary N) is 2. The van der Waals surface area contributed by atoms with Gasteiger partial charge in [0.2, 0.25) is 10.0 Å². The van der Waals surface area contributed by atoms with Crippen LogP contribution in [0.5, 0.6) is 0 Å². The minimum Gasteiger partial charge on any atom is -0.378 e. The van der Waals surface area contributed by atoms with E-state index in [2.05, 4.69) is 14.9 Å². The summed E-state index contributed by atoms with van der Waals surface area (Å²) in [7, 11) is -2.32. The van der Waals surface area contributed by atoms with Crippen molar-refractivity contribution in [3.05, 3.63) is 46.0 Å². The summed E-state index contributed by atoms with van der Waals surface area (Å²) in [6, 6.07) is 3.86. The lowest BCUT2D eigenvalue weighted by Crippen LogP contribution is -2.24. The first-order valence-corrected chi connectivity index (χ1v) is 8.17. The summed E-state index contributed by atoms with van der Waals surface area (Å²) < 4.78 is 45.1. The second-order valence-corrected chi connectivity index (χ2v) is 6.82. The zero-order valence-corrected chi connectivity index (χ0v) is 13.6. The second kappa shape index (κ2) is 6.74. The van der Waals surface area contributed by atoms with Crippen LogP contribution in [0.1, 0.15) is 17.0 Å². The molecule has 22 heavy (non-hydrogen) atoms. The number of methoxy groups -OCH3 is 1. The zero-order chi connectivity index (χ0) is 16.3. The Labute approximate surface area is 132 Å². The van der Waals surface area contributed by atoms with Crippen LogP contribution in [-0.2, 0) is 27.9 Å². The molecule has 120 valence electrons. The van der Waals surface area contributed by atoms with Crippen LogP contribution in [0.4, 0.5) is 4.39 Å². The predicted octanol–water partition coefficient (Wildman–Crippen LogP) is 2.14. The maximum atomic E-state index is 13.3. The SMILES string of the molecule is COCc1cc(CNS(=O)(=O)c2cc(C)c(F)cc2Cl)n[nH]1. The molecule has 0 spiro atoms. The van der Waals surface area contributed by atoms with Crippen LogP contribution in [-0.4, -0.2) is 25.7 Å². The smallest absolute Gasteiger partial charge is 0.242 e. The number of hydrogen-bond donors (Lipinski definition) is 2. The zero-order valence-electron chi connectivity index (χ0n) is 12.0. The van der Waals surface area contributed by atoms with Gasteiger partial charge in [-0.15, -0.1) is 0 Å². The van der Waals surface area contributed by atoms with Gasteiger partial charge in [-0.25, -0.2) is 17.5 Å². The van der Waals surface area contributed by atoms with E-state index in [1.165, 1.54) is 13.0 Å². The minimum absolute atomic E-state index is 0.0186. The fourth-order valence-electron chi connectivity index (χ4n) is 1.81. The first kappa shape index (κ1) is 16.9.